The van der Waals surface area contributed by atoms with Gasteiger partial charge in [-0.05, 0) is 64.8 Å². The van der Waals surface area contributed by atoms with Crippen LogP contribution >= 0.6 is 11.3 Å². The maximum absolute atomic E-state index is 3.81. The maximum Gasteiger partial charge on any atom is 0.0388 e. The highest BCUT2D eigenvalue weighted by atomic mass is 32.1. The van der Waals surface area contributed by atoms with Crippen LogP contribution in [0.2, 0.25) is 0 Å². The first-order valence-electron chi connectivity index (χ1n) is 7.29. The van der Waals surface area contributed by atoms with Crippen molar-refractivity contribution in [2.45, 2.75) is 57.7 Å². The van der Waals surface area contributed by atoms with Crippen molar-refractivity contribution in [1.82, 2.24) is 10.2 Å². The van der Waals surface area contributed by atoms with E-state index in [9.17, 15) is 0 Å². The van der Waals surface area contributed by atoms with Gasteiger partial charge in [0.2, 0.25) is 0 Å². The van der Waals surface area contributed by atoms with Crippen molar-refractivity contribution in [3.63, 3.8) is 0 Å². The standard InChI is InChI=1S/C15H24N2S/c1-11-3-6-15(18-11)12(2)16-13-7-9-17(10-8-13)14-4-5-14/h3,6,12-14,16H,4-5,7-10H2,1-2H3. The molecule has 0 radical (unpaired) electrons. The summed E-state index contributed by atoms with van der Waals surface area (Å²) in [5.74, 6) is 0. The number of hydrogen-bond donors (Lipinski definition) is 1. The molecule has 2 heterocycles. The molecule has 3 rings (SSSR count). The topological polar surface area (TPSA) is 15.3 Å². The Morgan fingerprint density at radius 1 is 1.22 bits per heavy atom. The van der Waals surface area contributed by atoms with Crippen molar-refractivity contribution < 1.29 is 0 Å². The van der Waals surface area contributed by atoms with Crippen molar-refractivity contribution in [3.8, 4) is 0 Å². The maximum atomic E-state index is 3.81. The minimum Gasteiger partial charge on any atom is -0.307 e. The van der Waals surface area contributed by atoms with Gasteiger partial charge in [-0.15, -0.1) is 11.3 Å². The number of likely N-dealkylation sites (tertiary alicyclic amines) is 1. The summed E-state index contributed by atoms with van der Waals surface area (Å²) in [4.78, 5) is 5.59. The third-order valence-corrected chi connectivity index (χ3v) is 5.45. The van der Waals surface area contributed by atoms with E-state index in [4.69, 9.17) is 0 Å². The third-order valence-electron chi connectivity index (χ3n) is 4.27. The summed E-state index contributed by atoms with van der Waals surface area (Å²) in [6, 6.07) is 6.69. The molecule has 2 aliphatic rings. The first-order chi connectivity index (χ1) is 8.72. The Hall–Kier alpha value is -0.380. The molecule has 1 aromatic heterocycles. The molecular formula is C15H24N2S. The van der Waals surface area contributed by atoms with Gasteiger partial charge in [-0.3, -0.25) is 0 Å². The Kier molecular flexibility index (Phi) is 3.73. The van der Waals surface area contributed by atoms with Crippen LogP contribution in [0.5, 0.6) is 0 Å². The second kappa shape index (κ2) is 5.32. The lowest BCUT2D eigenvalue weighted by molar-refractivity contribution is 0.184. The van der Waals surface area contributed by atoms with Gasteiger partial charge in [0.15, 0.2) is 0 Å². The SMILES string of the molecule is Cc1ccc(C(C)NC2CCN(C3CC3)CC2)s1. The molecule has 0 amide bonds. The van der Waals surface area contributed by atoms with Crippen LogP contribution in [0.1, 0.15) is 48.4 Å². The largest absolute Gasteiger partial charge is 0.307 e. The highest BCUT2D eigenvalue weighted by Gasteiger charge is 2.32. The Morgan fingerprint density at radius 2 is 1.94 bits per heavy atom. The van der Waals surface area contributed by atoms with Crippen LogP contribution in [0.15, 0.2) is 12.1 Å². The minimum atomic E-state index is 0.515. The molecule has 3 heteroatoms. The molecular weight excluding hydrogens is 240 g/mol. The van der Waals surface area contributed by atoms with Crippen LogP contribution in [-0.4, -0.2) is 30.1 Å². The van der Waals surface area contributed by atoms with Crippen LogP contribution in [0.3, 0.4) is 0 Å². The summed E-state index contributed by atoms with van der Waals surface area (Å²) in [6.07, 6.45) is 5.54. The molecule has 1 N–H and O–H groups in total. The molecule has 1 aliphatic carbocycles. The van der Waals surface area contributed by atoms with Gasteiger partial charge in [-0.2, -0.15) is 0 Å². The fraction of sp³-hybridized carbons (Fsp3) is 0.733. The molecule has 1 saturated heterocycles. The van der Waals surface area contributed by atoms with E-state index in [1.54, 1.807) is 0 Å². The van der Waals surface area contributed by atoms with Crippen molar-refractivity contribution >= 4 is 11.3 Å². The molecule has 18 heavy (non-hydrogen) atoms. The summed E-state index contributed by atoms with van der Waals surface area (Å²) in [7, 11) is 0. The van der Waals surface area contributed by atoms with Crippen molar-refractivity contribution in [2.24, 2.45) is 0 Å². The van der Waals surface area contributed by atoms with Gasteiger partial charge in [0.25, 0.3) is 0 Å². The molecule has 2 fully saturated rings. The van der Waals surface area contributed by atoms with Crippen molar-refractivity contribution in [1.29, 1.82) is 0 Å². The predicted octanol–water partition coefficient (Wildman–Crippen LogP) is 3.33. The van der Waals surface area contributed by atoms with Crippen molar-refractivity contribution in [2.75, 3.05) is 13.1 Å². The highest BCUT2D eigenvalue weighted by molar-refractivity contribution is 7.12. The van der Waals surface area contributed by atoms with Crippen LogP contribution in [0, 0.1) is 6.92 Å². The van der Waals surface area contributed by atoms with Crippen LogP contribution in [0.4, 0.5) is 0 Å². The number of rotatable bonds is 4. The quantitative estimate of drug-likeness (QED) is 0.897. The summed E-state index contributed by atoms with van der Waals surface area (Å²) >= 11 is 1.93. The smallest absolute Gasteiger partial charge is 0.0388 e. The second-order valence-corrected chi connectivity index (χ2v) is 7.20. The molecule has 1 saturated carbocycles. The van der Waals surface area contributed by atoms with Gasteiger partial charge >= 0.3 is 0 Å². The molecule has 0 aromatic carbocycles. The number of thiophene rings is 1. The number of piperidine rings is 1. The normalized spacial score (nSPS) is 24.3. The number of aryl methyl sites for hydroxylation is 1. The molecule has 100 valence electrons. The molecule has 1 atom stereocenters. The highest BCUT2D eigenvalue weighted by Crippen LogP contribution is 2.30. The third kappa shape index (κ3) is 2.95. The lowest BCUT2D eigenvalue weighted by Crippen LogP contribution is -2.43. The van der Waals surface area contributed by atoms with Gasteiger partial charge in [0, 0.05) is 27.9 Å². The lowest BCUT2D eigenvalue weighted by atomic mass is 10.0. The summed E-state index contributed by atoms with van der Waals surface area (Å²) in [5.41, 5.74) is 0. The van der Waals surface area contributed by atoms with E-state index in [-0.39, 0.29) is 0 Å². The molecule has 0 bridgehead atoms. The zero-order valence-electron chi connectivity index (χ0n) is 11.5. The summed E-state index contributed by atoms with van der Waals surface area (Å²) < 4.78 is 0. The Labute approximate surface area is 114 Å². The van der Waals surface area contributed by atoms with E-state index in [0.29, 0.717) is 6.04 Å². The predicted molar refractivity (Wildman–Crippen MR) is 78.2 cm³/mol. The number of nitrogens with zero attached hydrogens (tertiary/aromatic N) is 1. The average molecular weight is 264 g/mol. The molecule has 1 unspecified atom stereocenters. The molecule has 2 nitrogen and oxygen atoms in total. The molecule has 1 aliphatic heterocycles. The van der Waals surface area contributed by atoms with Gasteiger partial charge in [0.1, 0.15) is 0 Å². The fourth-order valence-corrected chi connectivity index (χ4v) is 3.88. The van der Waals surface area contributed by atoms with E-state index in [0.717, 1.165) is 12.1 Å². The van der Waals surface area contributed by atoms with Crippen molar-refractivity contribution in [3.05, 3.63) is 21.9 Å². The minimum absolute atomic E-state index is 0.515. The van der Waals surface area contributed by atoms with E-state index >= 15 is 0 Å². The Morgan fingerprint density at radius 3 is 2.50 bits per heavy atom. The first kappa shape index (κ1) is 12.6. The molecule has 1 aromatic rings. The van der Waals surface area contributed by atoms with E-state index in [1.165, 1.54) is 48.5 Å². The summed E-state index contributed by atoms with van der Waals surface area (Å²) in [6.45, 7) is 7.10. The zero-order chi connectivity index (χ0) is 12.5. The lowest BCUT2D eigenvalue weighted by Gasteiger charge is -2.33. The second-order valence-electron chi connectivity index (χ2n) is 5.88. The van der Waals surface area contributed by atoms with Gasteiger partial charge in [0.05, 0.1) is 0 Å². The van der Waals surface area contributed by atoms with Gasteiger partial charge in [-0.1, -0.05) is 0 Å². The van der Waals surface area contributed by atoms with E-state index in [2.05, 4.69) is 36.2 Å². The number of nitrogens with one attached hydrogen (secondary N) is 1. The van der Waals surface area contributed by atoms with Gasteiger partial charge < -0.3 is 10.2 Å². The first-order valence-corrected chi connectivity index (χ1v) is 8.10. The Bertz CT molecular complexity index is 389. The van der Waals surface area contributed by atoms with Crippen LogP contribution in [0.25, 0.3) is 0 Å². The zero-order valence-corrected chi connectivity index (χ0v) is 12.3. The van der Waals surface area contributed by atoms with E-state index in [1.807, 2.05) is 11.3 Å². The van der Waals surface area contributed by atoms with Crippen LogP contribution < -0.4 is 5.32 Å². The monoisotopic (exact) mass is 264 g/mol. The average Bonchev–Trinajstić information content (AvgIpc) is 3.12. The molecule has 0 spiro atoms. The van der Waals surface area contributed by atoms with Crippen LogP contribution in [-0.2, 0) is 0 Å². The van der Waals surface area contributed by atoms with Gasteiger partial charge in [-0.25, -0.2) is 0 Å². The number of hydrogen-bond acceptors (Lipinski definition) is 3. The Balaban J connectivity index is 1.48. The summed E-state index contributed by atoms with van der Waals surface area (Å²) in [5, 5.41) is 3.81. The van der Waals surface area contributed by atoms with E-state index < -0.39 is 0 Å². The fourth-order valence-electron chi connectivity index (χ4n) is 2.99.